The van der Waals surface area contributed by atoms with E-state index in [1.807, 2.05) is 6.07 Å². The number of fused-ring (bicyclic) bond motifs is 2. The lowest BCUT2D eigenvalue weighted by atomic mass is 10.1. The highest BCUT2D eigenvalue weighted by Gasteiger charge is 2.36. The molecule has 25 heavy (non-hydrogen) atoms. The minimum atomic E-state index is 0.342. The predicted molar refractivity (Wildman–Crippen MR) is 96.1 cm³/mol. The number of hydrogen-bond acceptors (Lipinski definition) is 6. The van der Waals surface area contributed by atoms with Crippen LogP contribution in [0.5, 0.6) is 11.5 Å². The predicted octanol–water partition coefficient (Wildman–Crippen LogP) is 1.25. The molecule has 0 amide bonds. The molecule has 0 saturated carbocycles. The van der Waals surface area contributed by atoms with E-state index >= 15 is 0 Å². The molecule has 0 spiro atoms. The molecule has 0 radical (unpaired) electrons. The zero-order valence-electron chi connectivity index (χ0n) is 15.3. The summed E-state index contributed by atoms with van der Waals surface area (Å²) in [5.41, 5.74) is 1.30. The third-order valence-corrected chi connectivity index (χ3v) is 5.40. The van der Waals surface area contributed by atoms with Crippen molar-refractivity contribution in [2.75, 3.05) is 60.2 Å². The maximum absolute atomic E-state index is 6.08. The summed E-state index contributed by atoms with van der Waals surface area (Å²) >= 11 is 0. The van der Waals surface area contributed by atoms with Gasteiger partial charge in [0.2, 0.25) is 6.79 Å². The largest absolute Gasteiger partial charge is 0.454 e. The van der Waals surface area contributed by atoms with E-state index in [4.69, 9.17) is 14.2 Å². The molecule has 6 heteroatoms. The summed E-state index contributed by atoms with van der Waals surface area (Å²) in [6.07, 6.45) is 1.56. The average Bonchev–Trinajstić information content (AvgIpc) is 3.19. The molecule has 1 aromatic carbocycles. The number of piperazine rings is 1. The summed E-state index contributed by atoms with van der Waals surface area (Å²) in [6, 6.07) is 6.93. The molecule has 0 aromatic heterocycles. The van der Waals surface area contributed by atoms with E-state index in [-0.39, 0.29) is 0 Å². The summed E-state index contributed by atoms with van der Waals surface area (Å²) in [7, 11) is 4.19. The Balaban J connectivity index is 1.28. The molecule has 0 unspecified atom stereocenters. The van der Waals surface area contributed by atoms with E-state index in [1.165, 1.54) is 5.56 Å². The first kappa shape index (κ1) is 17.1. The van der Waals surface area contributed by atoms with Gasteiger partial charge in [0.15, 0.2) is 11.5 Å². The minimum Gasteiger partial charge on any atom is -0.454 e. The number of hydrogen-bond donors (Lipinski definition) is 0. The Bertz CT molecular complexity index is 595. The van der Waals surface area contributed by atoms with Crippen LogP contribution in [0.15, 0.2) is 18.2 Å². The van der Waals surface area contributed by atoms with Crippen molar-refractivity contribution >= 4 is 0 Å². The van der Waals surface area contributed by atoms with Crippen molar-refractivity contribution in [3.63, 3.8) is 0 Å². The van der Waals surface area contributed by atoms with Crippen molar-refractivity contribution in [1.29, 1.82) is 0 Å². The molecule has 3 heterocycles. The lowest BCUT2D eigenvalue weighted by molar-refractivity contribution is 0.0489. The van der Waals surface area contributed by atoms with E-state index in [9.17, 15) is 0 Å². The van der Waals surface area contributed by atoms with Crippen molar-refractivity contribution in [1.82, 2.24) is 14.7 Å². The van der Waals surface area contributed by atoms with Crippen LogP contribution in [0.1, 0.15) is 12.0 Å². The van der Waals surface area contributed by atoms with E-state index in [0.29, 0.717) is 18.9 Å². The quantitative estimate of drug-likeness (QED) is 0.771. The molecule has 2 saturated heterocycles. The second-order valence-corrected chi connectivity index (χ2v) is 7.60. The zero-order valence-corrected chi connectivity index (χ0v) is 15.3. The first-order valence-electron chi connectivity index (χ1n) is 9.28. The second kappa shape index (κ2) is 7.50. The van der Waals surface area contributed by atoms with E-state index in [0.717, 1.165) is 63.8 Å². The fraction of sp³-hybridized carbons (Fsp3) is 0.684. The monoisotopic (exact) mass is 347 g/mol. The van der Waals surface area contributed by atoms with Crippen LogP contribution in [-0.4, -0.2) is 87.1 Å². The van der Waals surface area contributed by atoms with Gasteiger partial charge < -0.3 is 19.1 Å². The molecule has 3 aliphatic rings. The van der Waals surface area contributed by atoms with Gasteiger partial charge >= 0.3 is 0 Å². The molecule has 0 aliphatic carbocycles. The van der Waals surface area contributed by atoms with Gasteiger partial charge in [-0.15, -0.1) is 0 Å². The number of likely N-dealkylation sites (N-methyl/N-ethyl adjacent to an activating group) is 1. The summed E-state index contributed by atoms with van der Waals surface area (Å²) in [4.78, 5) is 7.34. The highest BCUT2D eigenvalue weighted by atomic mass is 16.7. The maximum atomic E-state index is 6.08. The van der Waals surface area contributed by atoms with Crippen LogP contribution >= 0.6 is 0 Å². The maximum Gasteiger partial charge on any atom is 0.231 e. The normalized spacial score (nSPS) is 26.4. The van der Waals surface area contributed by atoms with Gasteiger partial charge in [-0.2, -0.15) is 0 Å². The smallest absolute Gasteiger partial charge is 0.231 e. The molecular formula is C19H29N3O3. The standard InChI is InChI=1S/C19H29N3O3/c1-20(2)7-8-23-17-10-16-12-21(5-6-22(16)13-17)11-15-3-4-18-19(9-15)25-14-24-18/h3-4,9,16-17H,5-8,10-14H2,1-2H3/t16-,17+/m0/s1. The van der Waals surface area contributed by atoms with Gasteiger partial charge in [-0.25, -0.2) is 0 Å². The Morgan fingerprint density at radius 2 is 2.04 bits per heavy atom. The highest BCUT2D eigenvalue weighted by molar-refractivity contribution is 5.44. The highest BCUT2D eigenvalue weighted by Crippen LogP contribution is 2.33. The van der Waals surface area contributed by atoms with Crippen LogP contribution in [0, 0.1) is 0 Å². The first-order valence-corrected chi connectivity index (χ1v) is 9.28. The van der Waals surface area contributed by atoms with Gasteiger partial charge in [0.05, 0.1) is 12.7 Å². The van der Waals surface area contributed by atoms with Crippen molar-refractivity contribution in [3.05, 3.63) is 23.8 Å². The third-order valence-electron chi connectivity index (χ3n) is 5.40. The number of nitrogens with zero attached hydrogens (tertiary/aromatic N) is 3. The summed E-state index contributed by atoms with van der Waals surface area (Å²) in [6.45, 7) is 7.63. The van der Waals surface area contributed by atoms with Crippen molar-refractivity contribution in [3.8, 4) is 11.5 Å². The van der Waals surface area contributed by atoms with Crippen molar-refractivity contribution in [2.45, 2.75) is 25.1 Å². The van der Waals surface area contributed by atoms with Gasteiger partial charge in [-0.1, -0.05) is 6.07 Å². The Morgan fingerprint density at radius 1 is 1.16 bits per heavy atom. The van der Waals surface area contributed by atoms with Crippen molar-refractivity contribution < 1.29 is 14.2 Å². The van der Waals surface area contributed by atoms with Crippen LogP contribution in [0.25, 0.3) is 0 Å². The fourth-order valence-corrected chi connectivity index (χ4v) is 4.02. The fourth-order valence-electron chi connectivity index (χ4n) is 4.02. The van der Waals surface area contributed by atoms with Gasteiger partial charge in [-0.3, -0.25) is 9.80 Å². The Kier molecular flexibility index (Phi) is 5.12. The molecule has 2 atom stereocenters. The Morgan fingerprint density at radius 3 is 2.92 bits per heavy atom. The minimum absolute atomic E-state index is 0.342. The van der Waals surface area contributed by atoms with Crippen LogP contribution < -0.4 is 9.47 Å². The zero-order chi connectivity index (χ0) is 17.2. The van der Waals surface area contributed by atoms with Gasteiger partial charge in [0.25, 0.3) is 0 Å². The Hall–Kier alpha value is -1.34. The summed E-state index contributed by atoms with van der Waals surface area (Å²) in [5, 5.41) is 0. The number of benzene rings is 1. The number of rotatable bonds is 6. The van der Waals surface area contributed by atoms with E-state index < -0.39 is 0 Å². The van der Waals surface area contributed by atoms with Gasteiger partial charge in [-0.05, 0) is 38.2 Å². The lowest BCUT2D eigenvalue weighted by Gasteiger charge is -2.37. The van der Waals surface area contributed by atoms with Crippen LogP contribution in [0.3, 0.4) is 0 Å². The molecule has 0 N–H and O–H groups in total. The van der Waals surface area contributed by atoms with Gasteiger partial charge in [0, 0.05) is 45.3 Å². The van der Waals surface area contributed by atoms with Crippen molar-refractivity contribution in [2.24, 2.45) is 0 Å². The molecule has 0 bridgehead atoms. The molecular weight excluding hydrogens is 318 g/mol. The number of ether oxygens (including phenoxy) is 3. The van der Waals surface area contributed by atoms with Gasteiger partial charge in [0.1, 0.15) is 0 Å². The molecule has 4 rings (SSSR count). The van der Waals surface area contributed by atoms with E-state index in [2.05, 4.69) is 40.9 Å². The molecule has 3 aliphatic heterocycles. The topological polar surface area (TPSA) is 37.4 Å². The molecule has 1 aromatic rings. The van der Waals surface area contributed by atoms with Crippen LogP contribution in [0.4, 0.5) is 0 Å². The second-order valence-electron chi connectivity index (χ2n) is 7.60. The average molecular weight is 347 g/mol. The first-order chi connectivity index (χ1) is 12.2. The van der Waals surface area contributed by atoms with Crippen LogP contribution in [0.2, 0.25) is 0 Å². The Labute approximate surface area is 150 Å². The molecule has 2 fully saturated rings. The lowest BCUT2D eigenvalue weighted by Crippen LogP contribution is -2.49. The third kappa shape index (κ3) is 4.08. The molecule has 138 valence electrons. The van der Waals surface area contributed by atoms with E-state index in [1.54, 1.807) is 0 Å². The SMILES string of the molecule is CN(C)CCO[C@@H]1C[C@H]2CN(Cc3ccc4c(c3)OCO4)CCN2C1. The summed E-state index contributed by atoms with van der Waals surface area (Å²) < 4.78 is 17.0. The summed E-state index contributed by atoms with van der Waals surface area (Å²) in [5.74, 6) is 1.74. The van der Waals surface area contributed by atoms with Crippen LogP contribution in [-0.2, 0) is 11.3 Å². The molecule has 6 nitrogen and oxygen atoms in total.